The van der Waals surface area contributed by atoms with Gasteiger partial charge in [0.1, 0.15) is 5.75 Å². The highest BCUT2D eigenvalue weighted by Crippen LogP contribution is 2.31. The molecule has 1 amide bonds. The molecule has 0 aromatic heterocycles. The third kappa shape index (κ3) is 5.00. The molecule has 0 aliphatic rings. The van der Waals surface area contributed by atoms with Gasteiger partial charge in [-0.1, -0.05) is 35.3 Å². The van der Waals surface area contributed by atoms with Crippen molar-refractivity contribution in [2.45, 2.75) is 4.90 Å². The molecule has 9 heteroatoms. The van der Waals surface area contributed by atoms with Crippen molar-refractivity contribution >= 4 is 50.5 Å². The number of halogens is 2. The fourth-order valence-corrected chi connectivity index (χ4v) is 3.95. The lowest BCUT2D eigenvalue weighted by molar-refractivity contribution is 0.102. The number of methoxy groups -OCH3 is 1. The molecule has 150 valence electrons. The van der Waals surface area contributed by atoms with Gasteiger partial charge in [0.05, 0.1) is 27.7 Å². The first-order valence-corrected chi connectivity index (χ1v) is 10.6. The Hall–Kier alpha value is -2.74. The van der Waals surface area contributed by atoms with E-state index in [0.29, 0.717) is 17.0 Å². The minimum atomic E-state index is -3.88. The molecule has 0 unspecified atom stereocenters. The zero-order valence-corrected chi connectivity index (χ0v) is 17.5. The van der Waals surface area contributed by atoms with Crippen LogP contribution >= 0.6 is 23.2 Å². The zero-order valence-electron chi connectivity index (χ0n) is 15.1. The molecule has 3 aromatic rings. The van der Waals surface area contributed by atoms with Gasteiger partial charge < -0.3 is 10.1 Å². The lowest BCUT2D eigenvalue weighted by Gasteiger charge is -2.11. The van der Waals surface area contributed by atoms with Crippen LogP contribution in [0, 0.1) is 0 Å². The number of carbonyl (C=O) groups is 1. The summed E-state index contributed by atoms with van der Waals surface area (Å²) in [6.45, 7) is 0. The summed E-state index contributed by atoms with van der Waals surface area (Å²) in [6, 6.07) is 17.1. The predicted octanol–water partition coefficient (Wildman–Crippen LogP) is 5.06. The highest BCUT2D eigenvalue weighted by molar-refractivity contribution is 7.92. The van der Waals surface area contributed by atoms with Crippen molar-refractivity contribution in [1.82, 2.24) is 0 Å². The van der Waals surface area contributed by atoms with Crippen molar-refractivity contribution in [3.8, 4) is 5.75 Å². The van der Waals surface area contributed by atoms with Crippen LogP contribution in [0.5, 0.6) is 5.75 Å². The number of amides is 1. The molecular formula is C20H16Cl2N2O4S. The van der Waals surface area contributed by atoms with Crippen LogP contribution in [0.15, 0.2) is 71.6 Å². The topological polar surface area (TPSA) is 84.5 Å². The second-order valence-electron chi connectivity index (χ2n) is 5.92. The third-order valence-corrected chi connectivity index (χ3v) is 6.15. The predicted molar refractivity (Wildman–Crippen MR) is 115 cm³/mol. The lowest BCUT2D eigenvalue weighted by Crippen LogP contribution is -2.14. The summed E-state index contributed by atoms with van der Waals surface area (Å²) in [4.78, 5) is 12.4. The van der Waals surface area contributed by atoms with E-state index in [0.717, 1.165) is 0 Å². The van der Waals surface area contributed by atoms with Gasteiger partial charge >= 0.3 is 0 Å². The van der Waals surface area contributed by atoms with Gasteiger partial charge in [-0.25, -0.2) is 8.42 Å². The number of nitrogens with one attached hydrogen (secondary N) is 2. The fraction of sp³-hybridized carbons (Fsp3) is 0.0500. The van der Waals surface area contributed by atoms with Crippen LogP contribution in [0.4, 0.5) is 11.4 Å². The molecule has 6 nitrogen and oxygen atoms in total. The van der Waals surface area contributed by atoms with Gasteiger partial charge in [-0.2, -0.15) is 0 Å². The number of carbonyl (C=O) groups excluding carboxylic acids is 1. The maximum atomic E-state index is 12.6. The minimum Gasteiger partial charge on any atom is -0.497 e. The number of anilines is 2. The van der Waals surface area contributed by atoms with Gasteiger partial charge in [-0.05, 0) is 54.6 Å². The van der Waals surface area contributed by atoms with Crippen molar-refractivity contribution < 1.29 is 17.9 Å². The molecule has 2 N–H and O–H groups in total. The molecule has 0 saturated heterocycles. The summed E-state index contributed by atoms with van der Waals surface area (Å²) in [5, 5.41) is 3.06. The van der Waals surface area contributed by atoms with Crippen molar-refractivity contribution in [2.75, 3.05) is 17.1 Å². The highest BCUT2D eigenvalue weighted by atomic mass is 35.5. The molecule has 0 bridgehead atoms. The van der Waals surface area contributed by atoms with Crippen molar-refractivity contribution in [3.63, 3.8) is 0 Å². The molecule has 3 rings (SSSR count). The van der Waals surface area contributed by atoms with Gasteiger partial charge in [-0.3, -0.25) is 9.52 Å². The molecular weight excluding hydrogens is 435 g/mol. The smallest absolute Gasteiger partial charge is 0.261 e. The average molecular weight is 451 g/mol. The summed E-state index contributed by atoms with van der Waals surface area (Å²) in [5.41, 5.74) is 1.03. The SMILES string of the molecule is COc1cccc(C(=O)Nc2ccc(S(=O)(=O)Nc3cccc(Cl)c3Cl)cc2)c1. The van der Waals surface area contributed by atoms with E-state index >= 15 is 0 Å². The maximum Gasteiger partial charge on any atom is 0.261 e. The largest absolute Gasteiger partial charge is 0.497 e. The van der Waals surface area contributed by atoms with E-state index in [1.54, 1.807) is 36.4 Å². The van der Waals surface area contributed by atoms with Crippen molar-refractivity contribution in [3.05, 3.63) is 82.3 Å². The number of ether oxygens (including phenoxy) is 1. The van der Waals surface area contributed by atoms with Crippen molar-refractivity contribution in [1.29, 1.82) is 0 Å². The number of rotatable bonds is 6. The first-order valence-electron chi connectivity index (χ1n) is 8.32. The lowest BCUT2D eigenvalue weighted by atomic mass is 10.2. The Morgan fingerprint density at radius 1 is 0.966 bits per heavy atom. The standard InChI is InChI=1S/C20H16Cl2N2O4S/c1-28-15-5-2-4-13(12-15)20(25)23-14-8-10-16(11-9-14)29(26,27)24-18-7-3-6-17(21)19(18)22/h2-12,24H,1H3,(H,23,25). The first kappa shape index (κ1) is 21.0. The molecule has 0 heterocycles. The Labute approximate surface area is 178 Å². The molecule has 0 saturated carbocycles. The van der Waals surface area contributed by atoms with E-state index in [2.05, 4.69) is 10.0 Å². The molecule has 0 radical (unpaired) electrons. The maximum absolute atomic E-state index is 12.6. The van der Waals surface area contributed by atoms with E-state index in [1.165, 1.54) is 37.4 Å². The van der Waals surface area contributed by atoms with Crippen LogP contribution < -0.4 is 14.8 Å². The average Bonchev–Trinajstić information content (AvgIpc) is 2.71. The highest BCUT2D eigenvalue weighted by Gasteiger charge is 2.17. The molecule has 3 aromatic carbocycles. The van der Waals surface area contributed by atoms with Gasteiger partial charge in [0, 0.05) is 11.3 Å². The Kier molecular flexibility index (Phi) is 6.32. The van der Waals surface area contributed by atoms with E-state index in [1.807, 2.05) is 0 Å². The monoisotopic (exact) mass is 450 g/mol. The summed E-state index contributed by atoms with van der Waals surface area (Å²) in [5.74, 6) is 0.216. The molecule has 29 heavy (non-hydrogen) atoms. The second-order valence-corrected chi connectivity index (χ2v) is 8.38. The van der Waals surface area contributed by atoms with Crippen LogP contribution in [-0.2, 0) is 10.0 Å². The Bertz CT molecular complexity index is 1150. The fourth-order valence-electron chi connectivity index (χ4n) is 2.47. The molecule has 0 aliphatic carbocycles. The molecule has 0 atom stereocenters. The summed E-state index contributed by atoms with van der Waals surface area (Å²) in [7, 11) is -2.37. The van der Waals surface area contributed by atoms with Crippen LogP contribution in [0.25, 0.3) is 0 Å². The molecule has 0 aliphatic heterocycles. The quantitative estimate of drug-likeness (QED) is 0.549. The summed E-state index contributed by atoms with van der Waals surface area (Å²) < 4.78 is 32.7. The molecule has 0 fully saturated rings. The Morgan fingerprint density at radius 3 is 2.34 bits per heavy atom. The summed E-state index contributed by atoms with van der Waals surface area (Å²) >= 11 is 11.9. The van der Waals surface area contributed by atoms with Gasteiger partial charge in [0.25, 0.3) is 15.9 Å². The number of hydrogen-bond acceptors (Lipinski definition) is 4. The van der Waals surface area contributed by atoms with Gasteiger partial charge in [0.2, 0.25) is 0 Å². The number of sulfonamides is 1. The van der Waals surface area contributed by atoms with Crippen LogP contribution in [0.2, 0.25) is 10.0 Å². The van der Waals surface area contributed by atoms with E-state index in [4.69, 9.17) is 27.9 Å². The third-order valence-electron chi connectivity index (χ3n) is 3.95. The van der Waals surface area contributed by atoms with Crippen LogP contribution in [0.1, 0.15) is 10.4 Å². The van der Waals surface area contributed by atoms with Crippen LogP contribution in [-0.4, -0.2) is 21.4 Å². The molecule has 0 spiro atoms. The van der Waals surface area contributed by atoms with E-state index < -0.39 is 10.0 Å². The zero-order chi connectivity index (χ0) is 21.0. The van der Waals surface area contributed by atoms with Crippen molar-refractivity contribution in [2.24, 2.45) is 0 Å². The second kappa shape index (κ2) is 8.73. The van der Waals surface area contributed by atoms with Gasteiger partial charge in [0.15, 0.2) is 0 Å². The van der Waals surface area contributed by atoms with Gasteiger partial charge in [-0.15, -0.1) is 0 Å². The normalized spacial score (nSPS) is 11.0. The summed E-state index contributed by atoms with van der Waals surface area (Å²) in [6.07, 6.45) is 0. The van der Waals surface area contributed by atoms with E-state index in [9.17, 15) is 13.2 Å². The van der Waals surface area contributed by atoms with E-state index in [-0.39, 0.29) is 26.5 Å². The van der Waals surface area contributed by atoms with Crippen LogP contribution in [0.3, 0.4) is 0 Å². The minimum absolute atomic E-state index is 0.00733. The number of hydrogen-bond donors (Lipinski definition) is 2. The first-order chi connectivity index (χ1) is 13.8. The Morgan fingerprint density at radius 2 is 1.66 bits per heavy atom. The Balaban J connectivity index is 1.75. The number of benzene rings is 3.